The van der Waals surface area contributed by atoms with Gasteiger partial charge in [0.25, 0.3) is 0 Å². The quantitative estimate of drug-likeness (QED) is 0.459. The van der Waals surface area contributed by atoms with Crippen molar-refractivity contribution in [2.45, 2.75) is 23.4 Å². The van der Waals surface area contributed by atoms with Gasteiger partial charge in [0.05, 0.1) is 0 Å². The third kappa shape index (κ3) is 2.76. The van der Waals surface area contributed by atoms with Crippen LogP contribution in [-0.2, 0) is 0 Å². The van der Waals surface area contributed by atoms with Crippen LogP contribution in [0.1, 0.15) is 0 Å². The Morgan fingerprint density at radius 2 is 1.07 bits per heavy atom. The Morgan fingerprint density at radius 3 is 1.48 bits per heavy atom. The van der Waals surface area contributed by atoms with Crippen molar-refractivity contribution < 1.29 is 35.1 Å². The Hall–Kier alpha value is -1.95. The third-order valence-corrected chi connectivity index (χ3v) is 6.91. The van der Waals surface area contributed by atoms with Gasteiger partial charge in [-0.2, -0.15) is 17.6 Å². The Bertz CT molecular complexity index is 813. The predicted molar refractivity (Wildman–Crippen MR) is 86.9 cm³/mol. The normalized spacial score (nSPS) is 27.1. The van der Waals surface area contributed by atoms with Crippen molar-refractivity contribution in [3.8, 4) is 0 Å². The Morgan fingerprint density at radius 1 is 0.667 bits per heavy atom. The molecule has 0 heterocycles. The van der Waals surface area contributed by atoms with E-state index in [1.165, 1.54) is 60.7 Å². The van der Waals surface area contributed by atoms with Crippen LogP contribution in [0.3, 0.4) is 0 Å². The van der Waals surface area contributed by atoms with Gasteiger partial charge in [-0.3, -0.25) is 0 Å². The fourth-order valence-electron chi connectivity index (χ4n) is 2.84. The van der Waals surface area contributed by atoms with Gasteiger partial charge in [-0.15, -0.1) is 0 Å². The lowest BCUT2D eigenvalue weighted by molar-refractivity contribution is -0.250. The van der Waals surface area contributed by atoms with Crippen LogP contribution in [0.15, 0.2) is 72.3 Å². The van der Waals surface area contributed by atoms with E-state index < -0.39 is 43.0 Å². The molecule has 0 amide bonds. The largest absolute Gasteiger partial charge is 0.366 e. The number of rotatable bonds is 3. The van der Waals surface area contributed by atoms with Gasteiger partial charge < -0.3 is 0 Å². The number of alkyl halides is 6. The zero-order valence-electron chi connectivity index (χ0n) is 13.3. The first-order valence-electron chi connectivity index (χ1n) is 7.61. The fraction of sp³-hybridized carbons (Fsp3) is 0.222. The number of allylic oxidation sites excluding steroid dienone is 2. The first-order valence-corrected chi connectivity index (χ1v) is 8.95. The summed E-state index contributed by atoms with van der Waals surface area (Å²) in [4.78, 5) is 0. The number of halogens is 8. The maximum absolute atomic E-state index is 15.7. The van der Waals surface area contributed by atoms with Crippen molar-refractivity contribution in [3.05, 3.63) is 72.3 Å². The van der Waals surface area contributed by atoms with E-state index in [0.717, 1.165) is 0 Å². The molecule has 0 radical (unpaired) electrons. The van der Waals surface area contributed by atoms with E-state index in [0.29, 0.717) is 0 Å². The van der Waals surface area contributed by atoms with Gasteiger partial charge in [-0.25, -0.2) is 17.6 Å². The van der Waals surface area contributed by atoms with Crippen molar-refractivity contribution in [1.82, 2.24) is 0 Å². The van der Waals surface area contributed by atoms with Gasteiger partial charge in [0, 0.05) is 7.92 Å². The van der Waals surface area contributed by atoms with E-state index in [1.807, 2.05) is 0 Å². The average Bonchev–Trinajstić information content (AvgIpc) is 2.66. The zero-order valence-corrected chi connectivity index (χ0v) is 14.2. The molecule has 0 spiro atoms. The highest BCUT2D eigenvalue weighted by Crippen LogP contribution is 2.65. The van der Waals surface area contributed by atoms with Crippen molar-refractivity contribution in [1.29, 1.82) is 0 Å². The van der Waals surface area contributed by atoms with E-state index in [2.05, 4.69) is 0 Å². The lowest BCUT2D eigenvalue weighted by Crippen LogP contribution is -2.61. The summed E-state index contributed by atoms with van der Waals surface area (Å²) in [5.41, 5.74) is 0. The van der Waals surface area contributed by atoms with Gasteiger partial charge in [0.1, 0.15) is 0 Å². The first kappa shape index (κ1) is 19.8. The molecule has 0 aromatic heterocycles. The minimum atomic E-state index is -5.79. The van der Waals surface area contributed by atoms with Crippen LogP contribution in [0.4, 0.5) is 35.1 Å². The molecule has 9 heteroatoms. The molecule has 0 bridgehead atoms. The molecule has 0 aliphatic heterocycles. The van der Waals surface area contributed by atoms with Crippen LogP contribution in [0.5, 0.6) is 0 Å². The molecule has 0 saturated carbocycles. The van der Waals surface area contributed by atoms with Crippen molar-refractivity contribution >= 4 is 18.5 Å². The van der Waals surface area contributed by atoms with Gasteiger partial charge in [-0.1, -0.05) is 60.7 Å². The molecular formula is C18H11F8P. The monoisotopic (exact) mass is 410 g/mol. The molecule has 0 saturated heterocycles. The molecule has 27 heavy (non-hydrogen) atoms. The van der Waals surface area contributed by atoms with Crippen LogP contribution in [0.25, 0.3) is 0 Å². The molecule has 0 N–H and O–H groups in total. The van der Waals surface area contributed by atoms with Gasteiger partial charge in [0.15, 0.2) is 5.83 Å². The lowest BCUT2D eigenvalue weighted by atomic mass is 9.93. The molecule has 3 rings (SSSR count). The maximum atomic E-state index is 15.7. The summed E-state index contributed by atoms with van der Waals surface area (Å²) in [6, 6.07) is 13.2. The summed E-state index contributed by atoms with van der Waals surface area (Å²) in [6.45, 7) is 0. The molecule has 144 valence electrons. The SMILES string of the molecule is FC1=C(F)C(F)(F)C(F)(F)C(F)C1(F)P(c1ccccc1)c1ccccc1. The summed E-state index contributed by atoms with van der Waals surface area (Å²) in [7, 11) is -2.98. The molecule has 0 fully saturated rings. The minimum Gasteiger partial charge on any atom is -0.236 e. The molecule has 1 aliphatic carbocycles. The number of hydrogen-bond donors (Lipinski definition) is 0. The highest BCUT2D eigenvalue weighted by molar-refractivity contribution is 7.74. The number of hydrogen-bond acceptors (Lipinski definition) is 0. The summed E-state index contributed by atoms with van der Waals surface area (Å²) < 4.78 is 113. The zero-order chi connectivity index (χ0) is 20.0. The van der Waals surface area contributed by atoms with Crippen LogP contribution >= 0.6 is 7.92 Å². The average molecular weight is 410 g/mol. The van der Waals surface area contributed by atoms with E-state index >= 15 is 4.39 Å². The minimum absolute atomic E-state index is 0.118. The summed E-state index contributed by atoms with van der Waals surface area (Å²) in [5.74, 6) is -17.7. The molecule has 2 aromatic carbocycles. The fourth-order valence-corrected chi connectivity index (χ4v) is 5.51. The molecule has 1 aliphatic rings. The van der Waals surface area contributed by atoms with Gasteiger partial charge in [-0.05, 0) is 10.6 Å². The second-order valence-corrected chi connectivity index (χ2v) is 8.22. The van der Waals surface area contributed by atoms with E-state index in [1.54, 1.807) is 0 Å². The third-order valence-electron chi connectivity index (χ3n) is 4.20. The molecule has 0 nitrogen and oxygen atoms in total. The van der Waals surface area contributed by atoms with Crippen LogP contribution in [0.2, 0.25) is 0 Å². The van der Waals surface area contributed by atoms with E-state index in [-0.39, 0.29) is 10.6 Å². The van der Waals surface area contributed by atoms with Crippen molar-refractivity contribution in [2.75, 3.05) is 0 Å². The smallest absolute Gasteiger partial charge is 0.236 e. The second kappa shape index (κ2) is 6.59. The topological polar surface area (TPSA) is 0 Å². The standard InChI is InChI=1S/C18H11F8P/c19-13-14(20)17(23,24)18(25,26)15(21)16(13,22)27(11-7-3-1-4-8-11)12-9-5-2-6-10-12/h1-10,15H. The molecule has 2 aromatic rings. The first-order chi connectivity index (χ1) is 12.6. The second-order valence-electron chi connectivity index (χ2n) is 5.87. The van der Waals surface area contributed by atoms with Crippen molar-refractivity contribution in [3.63, 3.8) is 0 Å². The molecule has 2 unspecified atom stereocenters. The van der Waals surface area contributed by atoms with Crippen LogP contribution < -0.4 is 10.6 Å². The van der Waals surface area contributed by atoms with Crippen LogP contribution in [-0.4, -0.2) is 23.4 Å². The number of benzene rings is 2. The summed E-state index contributed by atoms with van der Waals surface area (Å²) in [6.07, 6.45) is -4.30. The molecular weight excluding hydrogens is 399 g/mol. The summed E-state index contributed by atoms with van der Waals surface area (Å²) >= 11 is 0. The van der Waals surface area contributed by atoms with Gasteiger partial charge >= 0.3 is 11.8 Å². The lowest BCUT2D eigenvalue weighted by Gasteiger charge is -2.43. The van der Waals surface area contributed by atoms with E-state index in [4.69, 9.17) is 0 Å². The summed E-state index contributed by atoms with van der Waals surface area (Å²) in [5, 5.41) is -4.55. The Labute approximate surface area is 150 Å². The van der Waals surface area contributed by atoms with Crippen LogP contribution in [0, 0.1) is 0 Å². The Balaban J connectivity index is 2.33. The van der Waals surface area contributed by atoms with Gasteiger partial charge in [0.2, 0.25) is 17.4 Å². The predicted octanol–water partition coefficient (Wildman–Crippen LogP) is 5.56. The highest BCUT2D eigenvalue weighted by atomic mass is 31.1. The molecule has 2 atom stereocenters. The Kier molecular flexibility index (Phi) is 4.83. The highest BCUT2D eigenvalue weighted by Gasteiger charge is 2.78. The maximum Gasteiger partial charge on any atom is 0.366 e. The van der Waals surface area contributed by atoms with E-state index in [9.17, 15) is 30.7 Å². The van der Waals surface area contributed by atoms with Crippen molar-refractivity contribution in [2.24, 2.45) is 0 Å².